The number of rotatable bonds is 9. The monoisotopic (exact) mass is 503 g/mol. The summed E-state index contributed by atoms with van der Waals surface area (Å²) >= 11 is 0. The van der Waals surface area contributed by atoms with Gasteiger partial charge in [0.2, 0.25) is 0 Å². The molecule has 0 saturated heterocycles. The predicted octanol–water partition coefficient (Wildman–Crippen LogP) is 3.74. The molecule has 0 aliphatic carbocycles. The molecule has 0 aliphatic heterocycles. The number of carbonyl (C=O) groups is 2. The van der Waals surface area contributed by atoms with Crippen LogP contribution in [0, 0.1) is 0 Å². The fourth-order valence-electron chi connectivity index (χ4n) is 3.71. The number of nitrogen functional groups attached to an aromatic ring is 1. The topological polar surface area (TPSA) is 136 Å². The zero-order valence-corrected chi connectivity index (χ0v) is 20.9. The molecule has 2 aromatic carbocycles. The third-order valence-electron chi connectivity index (χ3n) is 5.43. The first-order valence-corrected chi connectivity index (χ1v) is 11.7. The molecular formula is C26H29N7O4. The van der Waals surface area contributed by atoms with Gasteiger partial charge in [-0.25, -0.2) is 19.1 Å². The van der Waals surface area contributed by atoms with E-state index >= 15 is 0 Å². The molecule has 0 fully saturated rings. The lowest BCUT2D eigenvalue weighted by Gasteiger charge is -2.12. The molecule has 0 aliphatic rings. The van der Waals surface area contributed by atoms with Gasteiger partial charge >= 0.3 is 12.0 Å². The van der Waals surface area contributed by atoms with Crippen LogP contribution in [0.15, 0.2) is 61.1 Å². The number of carbonyl (C=O) groups excluding carboxylic acids is 2. The number of esters is 1. The number of nitrogens with one attached hydrogen (secondary N) is 2. The van der Waals surface area contributed by atoms with Crippen LogP contribution in [0.1, 0.15) is 17.3 Å². The molecule has 11 heteroatoms. The summed E-state index contributed by atoms with van der Waals surface area (Å²) in [5.41, 5.74) is 9.33. The summed E-state index contributed by atoms with van der Waals surface area (Å²) in [5.74, 6) is 0.413. The molecule has 4 aromatic rings. The summed E-state index contributed by atoms with van der Waals surface area (Å²) in [7, 11) is 3.95. The highest BCUT2D eigenvalue weighted by Gasteiger charge is 2.22. The van der Waals surface area contributed by atoms with E-state index < -0.39 is 12.0 Å². The zero-order chi connectivity index (χ0) is 26.4. The lowest BCUT2D eigenvalue weighted by atomic mass is 10.0. The number of hydrogen-bond acceptors (Lipinski definition) is 8. The number of nitrogens with two attached hydrogens (primary N) is 1. The summed E-state index contributed by atoms with van der Waals surface area (Å²) in [4.78, 5) is 31.3. The van der Waals surface area contributed by atoms with Gasteiger partial charge in [0.25, 0.3) is 0 Å². The van der Waals surface area contributed by atoms with Gasteiger partial charge in [-0.3, -0.25) is 0 Å². The summed E-state index contributed by atoms with van der Waals surface area (Å²) < 4.78 is 12.4. The van der Waals surface area contributed by atoms with Crippen LogP contribution in [0.2, 0.25) is 0 Å². The highest BCUT2D eigenvalue weighted by molar-refractivity contribution is 6.05. The van der Waals surface area contributed by atoms with Crippen molar-refractivity contribution < 1.29 is 19.1 Å². The maximum absolute atomic E-state index is 12.6. The zero-order valence-electron chi connectivity index (χ0n) is 20.9. The number of hydrogen-bond donors (Lipinski definition) is 3. The molecule has 0 spiro atoms. The van der Waals surface area contributed by atoms with Crippen LogP contribution in [0.3, 0.4) is 0 Å². The van der Waals surface area contributed by atoms with Gasteiger partial charge in [-0.05, 0) is 50.8 Å². The van der Waals surface area contributed by atoms with E-state index in [0.29, 0.717) is 45.9 Å². The van der Waals surface area contributed by atoms with Gasteiger partial charge in [-0.2, -0.15) is 5.10 Å². The van der Waals surface area contributed by atoms with Crippen LogP contribution in [-0.4, -0.2) is 65.4 Å². The number of benzene rings is 2. The molecule has 0 bridgehead atoms. The van der Waals surface area contributed by atoms with Gasteiger partial charge in [-0.1, -0.05) is 18.2 Å². The fraction of sp³-hybridized carbons (Fsp3) is 0.231. The SMILES string of the molecule is CCOC(=O)c1cn2ncnc(N)c2c1-c1ccc(NC(=O)Nc2cccc(OCCN(C)C)c2)cc1. The molecule has 37 heavy (non-hydrogen) atoms. The smallest absolute Gasteiger partial charge is 0.340 e. The lowest BCUT2D eigenvalue weighted by Crippen LogP contribution is -2.20. The molecule has 0 atom stereocenters. The van der Waals surface area contributed by atoms with Gasteiger partial charge in [0.1, 0.15) is 24.2 Å². The first kappa shape index (κ1) is 25.5. The first-order valence-electron chi connectivity index (χ1n) is 11.7. The normalized spacial score (nSPS) is 10.9. The van der Waals surface area contributed by atoms with E-state index in [1.807, 2.05) is 31.1 Å². The van der Waals surface area contributed by atoms with Gasteiger partial charge in [0, 0.05) is 35.7 Å². The second-order valence-corrected chi connectivity index (χ2v) is 8.41. The number of ether oxygens (including phenoxy) is 2. The number of amides is 2. The Morgan fingerprint density at radius 2 is 1.84 bits per heavy atom. The third kappa shape index (κ3) is 6.14. The van der Waals surface area contributed by atoms with Gasteiger partial charge < -0.3 is 30.7 Å². The van der Waals surface area contributed by atoms with Gasteiger partial charge in [-0.15, -0.1) is 0 Å². The minimum Gasteiger partial charge on any atom is -0.492 e. The van der Waals surface area contributed by atoms with Crippen LogP contribution >= 0.6 is 0 Å². The Labute approximate surface area is 214 Å². The van der Waals surface area contributed by atoms with E-state index in [1.165, 1.54) is 10.8 Å². The first-order chi connectivity index (χ1) is 17.9. The van der Waals surface area contributed by atoms with E-state index in [4.69, 9.17) is 15.2 Å². The highest BCUT2D eigenvalue weighted by Crippen LogP contribution is 2.33. The second kappa shape index (κ2) is 11.4. The van der Waals surface area contributed by atoms with Crippen molar-refractivity contribution in [2.75, 3.05) is 50.2 Å². The summed E-state index contributed by atoms with van der Waals surface area (Å²) in [6.45, 7) is 3.30. The Morgan fingerprint density at radius 3 is 2.57 bits per heavy atom. The van der Waals surface area contributed by atoms with Gasteiger partial charge in [0.05, 0.1) is 12.2 Å². The number of fused-ring (bicyclic) bond motifs is 1. The molecule has 192 valence electrons. The van der Waals surface area contributed by atoms with Crippen molar-refractivity contribution in [3.8, 4) is 16.9 Å². The van der Waals surface area contributed by atoms with Crippen LogP contribution in [0.4, 0.5) is 22.0 Å². The lowest BCUT2D eigenvalue weighted by molar-refractivity contribution is 0.0527. The molecule has 4 N–H and O–H groups in total. The van der Waals surface area contributed by atoms with Gasteiger partial charge in [0.15, 0.2) is 5.82 Å². The molecule has 0 unspecified atom stereocenters. The van der Waals surface area contributed by atoms with E-state index in [-0.39, 0.29) is 12.4 Å². The highest BCUT2D eigenvalue weighted by atomic mass is 16.5. The molecule has 2 aromatic heterocycles. The van der Waals surface area contributed by atoms with Crippen molar-refractivity contribution >= 4 is 34.7 Å². The quantitative estimate of drug-likeness (QED) is 0.294. The largest absolute Gasteiger partial charge is 0.492 e. The molecule has 0 saturated carbocycles. The van der Waals surface area contributed by atoms with Crippen molar-refractivity contribution in [3.63, 3.8) is 0 Å². The maximum atomic E-state index is 12.6. The average Bonchev–Trinajstić information content (AvgIpc) is 3.26. The predicted molar refractivity (Wildman–Crippen MR) is 142 cm³/mol. The number of urea groups is 1. The third-order valence-corrected chi connectivity index (χ3v) is 5.43. The summed E-state index contributed by atoms with van der Waals surface area (Å²) in [6.07, 6.45) is 2.89. The average molecular weight is 504 g/mol. The Balaban J connectivity index is 1.49. The number of likely N-dealkylation sites (N-methyl/N-ethyl adjacent to an activating group) is 1. The number of aromatic nitrogens is 3. The minimum absolute atomic E-state index is 0.231. The summed E-state index contributed by atoms with van der Waals surface area (Å²) in [6, 6.07) is 13.8. The molecule has 2 amide bonds. The molecule has 11 nitrogen and oxygen atoms in total. The summed E-state index contributed by atoms with van der Waals surface area (Å²) in [5, 5.41) is 9.77. The fourth-order valence-corrected chi connectivity index (χ4v) is 3.71. The number of nitrogens with zero attached hydrogens (tertiary/aromatic N) is 4. The van der Waals surface area contributed by atoms with Crippen molar-refractivity contribution in [2.24, 2.45) is 0 Å². The standard InChI is InChI=1S/C26H29N7O4/c1-4-36-25(34)21-15-33-23(24(27)28-16-29-33)22(21)17-8-10-18(11-9-17)30-26(35)31-19-6-5-7-20(14-19)37-13-12-32(2)3/h5-11,14-16H,4,12-13H2,1-3H3,(H2,27,28,29)(H2,30,31,35). The second-order valence-electron chi connectivity index (χ2n) is 8.41. The van der Waals surface area contributed by atoms with Crippen LogP contribution < -0.4 is 21.1 Å². The van der Waals surface area contributed by atoms with E-state index in [1.54, 1.807) is 49.5 Å². The van der Waals surface area contributed by atoms with E-state index in [2.05, 4.69) is 20.7 Å². The Bertz CT molecular complexity index is 1400. The molecule has 2 heterocycles. The van der Waals surface area contributed by atoms with E-state index in [9.17, 15) is 9.59 Å². The Hall–Kier alpha value is -4.64. The Morgan fingerprint density at radius 1 is 1.08 bits per heavy atom. The van der Waals surface area contributed by atoms with Crippen molar-refractivity contribution in [3.05, 3.63) is 66.6 Å². The van der Waals surface area contributed by atoms with Crippen LogP contribution in [0.5, 0.6) is 5.75 Å². The Kier molecular flexibility index (Phi) is 7.84. The molecule has 4 rings (SSSR count). The molecule has 0 radical (unpaired) electrons. The van der Waals surface area contributed by atoms with Crippen molar-refractivity contribution in [1.82, 2.24) is 19.5 Å². The van der Waals surface area contributed by atoms with Crippen LogP contribution in [-0.2, 0) is 4.74 Å². The number of anilines is 3. The van der Waals surface area contributed by atoms with Crippen molar-refractivity contribution in [2.45, 2.75) is 6.92 Å². The van der Waals surface area contributed by atoms with E-state index in [0.717, 1.165) is 6.54 Å². The van der Waals surface area contributed by atoms with Crippen LogP contribution in [0.25, 0.3) is 16.6 Å². The molecular weight excluding hydrogens is 474 g/mol. The maximum Gasteiger partial charge on any atom is 0.340 e. The minimum atomic E-state index is -0.489. The van der Waals surface area contributed by atoms with Crippen molar-refractivity contribution in [1.29, 1.82) is 0 Å².